The summed E-state index contributed by atoms with van der Waals surface area (Å²) in [6.45, 7) is 0. The second-order valence-electron chi connectivity index (χ2n) is 7.41. The van der Waals surface area contributed by atoms with Gasteiger partial charge in [-0.1, -0.05) is 49.6 Å². The van der Waals surface area contributed by atoms with E-state index in [4.69, 9.17) is 0 Å². The maximum Gasteiger partial charge on any atom is 0.315 e. The third kappa shape index (κ3) is 4.73. The van der Waals surface area contributed by atoms with Crippen LogP contribution in [0.25, 0.3) is 0 Å². The quantitative estimate of drug-likeness (QED) is 0.784. The van der Waals surface area contributed by atoms with Gasteiger partial charge in [-0.2, -0.15) is 0 Å². The van der Waals surface area contributed by atoms with Crippen molar-refractivity contribution in [2.24, 2.45) is 5.92 Å². The number of aliphatic hydroxyl groups excluding tert-OH is 1. The molecule has 0 spiro atoms. The minimum atomic E-state index is -0.189. The molecule has 0 aromatic heterocycles. The van der Waals surface area contributed by atoms with E-state index < -0.39 is 0 Å². The van der Waals surface area contributed by atoms with Crippen molar-refractivity contribution < 1.29 is 9.90 Å². The normalized spacial score (nSPS) is 26.5. The molecule has 2 aliphatic rings. The standard InChI is InChI=1S/C20H30N2O2/c23-18-13-11-17(12-14-18)21-20(24)22-19(15-7-3-1-4-8-15)16-9-5-2-6-10-16/h1,3-4,7-8,16-19,23H,2,5-6,9-14H2,(H2,21,22,24). The summed E-state index contributed by atoms with van der Waals surface area (Å²) in [6, 6.07) is 10.6. The van der Waals surface area contributed by atoms with E-state index in [1.165, 1.54) is 37.7 Å². The second kappa shape index (κ2) is 8.52. The summed E-state index contributed by atoms with van der Waals surface area (Å²) in [5, 5.41) is 16.0. The maximum atomic E-state index is 12.5. The van der Waals surface area contributed by atoms with Gasteiger partial charge in [0.05, 0.1) is 12.1 Å². The third-order valence-electron chi connectivity index (χ3n) is 5.60. The van der Waals surface area contributed by atoms with Gasteiger partial charge >= 0.3 is 6.03 Å². The molecule has 2 aliphatic carbocycles. The van der Waals surface area contributed by atoms with E-state index in [-0.39, 0.29) is 24.2 Å². The highest BCUT2D eigenvalue weighted by atomic mass is 16.3. The summed E-state index contributed by atoms with van der Waals surface area (Å²) < 4.78 is 0. The number of nitrogens with one attached hydrogen (secondary N) is 2. The van der Waals surface area contributed by atoms with Crippen molar-refractivity contribution >= 4 is 6.03 Å². The molecular weight excluding hydrogens is 300 g/mol. The van der Waals surface area contributed by atoms with Crippen LogP contribution in [0.5, 0.6) is 0 Å². The topological polar surface area (TPSA) is 61.4 Å². The van der Waals surface area contributed by atoms with E-state index in [9.17, 15) is 9.90 Å². The number of carbonyl (C=O) groups excluding carboxylic acids is 1. The zero-order chi connectivity index (χ0) is 16.8. The molecule has 1 atom stereocenters. The highest BCUT2D eigenvalue weighted by Crippen LogP contribution is 2.34. The Kier molecular flexibility index (Phi) is 6.13. The molecule has 0 radical (unpaired) electrons. The number of hydrogen-bond donors (Lipinski definition) is 3. The zero-order valence-electron chi connectivity index (χ0n) is 14.4. The van der Waals surface area contributed by atoms with Gasteiger partial charge in [0, 0.05) is 6.04 Å². The molecule has 2 amide bonds. The summed E-state index contributed by atoms with van der Waals surface area (Å²) in [4.78, 5) is 12.5. The Morgan fingerprint density at radius 1 is 0.958 bits per heavy atom. The largest absolute Gasteiger partial charge is 0.393 e. The Morgan fingerprint density at radius 3 is 2.29 bits per heavy atom. The van der Waals surface area contributed by atoms with Crippen LogP contribution in [0.3, 0.4) is 0 Å². The Balaban J connectivity index is 1.61. The summed E-state index contributed by atoms with van der Waals surface area (Å²) in [5.41, 5.74) is 1.21. The van der Waals surface area contributed by atoms with Gasteiger partial charge in [-0.05, 0) is 50.0 Å². The van der Waals surface area contributed by atoms with Crippen LogP contribution in [0.2, 0.25) is 0 Å². The lowest BCUT2D eigenvalue weighted by molar-refractivity contribution is 0.117. The van der Waals surface area contributed by atoms with Gasteiger partial charge in [0.2, 0.25) is 0 Å². The Morgan fingerprint density at radius 2 is 1.62 bits per heavy atom. The SMILES string of the molecule is O=C(NC1CCC(O)CC1)NC(c1ccccc1)C1CCCCC1. The van der Waals surface area contributed by atoms with E-state index in [0.29, 0.717) is 5.92 Å². The van der Waals surface area contributed by atoms with Gasteiger partial charge in [-0.3, -0.25) is 0 Å². The number of carbonyl (C=O) groups is 1. The molecular formula is C20H30N2O2. The molecule has 24 heavy (non-hydrogen) atoms. The van der Waals surface area contributed by atoms with Gasteiger partial charge in [-0.25, -0.2) is 4.79 Å². The molecule has 2 saturated carbocycles. The molecule has 3 rings (SSSR count). The lowest BCUT2D eigenvalue weighted by Crippen LogP contribution is -2.46. The molecule has 132 valence electrons. The summed E-state index contributed by atoms with van der Waals surface area (Å²) >= 11 is 0. The van der Waals surface area contributed by atoms with Crippen molar-refractivity contribution in [3.05, 3.63) is 35.9 Å². The van der Waals surface area contributed by atoms with Crippen molar-refractivity contribution in [2.75, 3.05) is 0 Å². The molecule has 2 fully saturated rings. The lowest BCUT2D eigenvalue weighted by Gasteiger charge is -2.32. The van der Waals surface area contributed by atoms with Crippen molar-refractivity contribution in [3.8, 4) is 0 Å². The van der Waals surface area contributed by atoms with Crippen LogP contribution in [0.1, 0.15) is 69.4 Å². The number of hydrogen-bond acceptors (Lipinski definition) is 2. The fourth-order valence-electron chi connectivity index (χ4n) is 4.19. The van der Waals surface area contributed by atoms with Gasteiger partial charge in [-0.15, -0.1) is 0 Å². The van der Waals surface area contributed by atoms with Crippen molar-refractivity contribution in [1.29, 1.82) is 0 Å². The highest BCUT2D eigenvalue weighted by molar-refractivity contribution is 5.74. The molecule has 4 heteroatoms. The average molecular weight is 330 g/mol. The van der Waals surface area contributed by atoms with Crippen LogP contribution >= 0.6 is 0 Å². The van der Waals surface area contributed by atoms with Crippen LogP contribution in [0.4, 0.5) is 4.79 Å². The van der Waals surface area contributed by atoms with Gasteiger partial charge in [0.1, 0.15) is 0 Å². The summed E-state index contributed by atoms with van der Waals surface area (Å²) in [7, 11) is 0. The van der Waals surface area contributed by atoms with Crippen LogP contribution in [0.15, 0.2) is 30.3 Å². The van der Waals surface area contributed by atoms with E-state index in [1.54, 1.807) is 0 Å². The van der Waals surface area contributed by atoms with Crippen molar-refractivity contribution in [1.82, 2.24) is 10.6 Å². The van der Waals surface area contributed by atoms with Gasteiger partial charge < -0.3 is 15.7 Å². The molecule has 3 N–H and O–H groups in total. The van der Waals surface area contributed by atoms with Gasteiger partial charge in [0.15, 0.2) is 0 Å². The number of benzene rings is 1. The van der Waals surface area contributed by atoms with E-state index in [2.05, 4.69) is 22.8 Å². The van der Waals surface area contributed by atoms with E-state index in [0.717, 1.165) is 25.7 Å². The zero-order valence-corrected chi connectivity index (χ0v) is 14.4. The first-order valence-electron chi connectivity index (χ1n) is 9.52. The number of amides is 2. The minimum absolute atomic E-state index is 0.0594. The first-order valence-corrected chi connectivity index (χ1v) is 9.52. The van der Waals surface area contributed by atoms with E-state index in [1.807, 2.05) is 18.2 Å². The van der Waals surface area contributed by atoms with Crippen LogP contribution in [-0.2, 0) is 0 Å². The fraction of sp³-hybridized carbons (Fsp3) is 0.650. The second-order valence-corrected chi connectivity index (χ2v) is 7.41. The average Bonchev–Trinajstić information content (AvgIpc) is 2.63. The monoisotopic (exact) mass is 330 g/mol. The number of rotatable bonds is 4. The van der Waals surface area contributed by atoms with Gasteiger partial charge in [0.25, 0.3) is 0 Å². The molecule has 0 heterocycles. The predicted octanol–water partition coefficient (Wildman–Crippen LogP) is 3.91. The molecule has 0 saturated heterocycles. The molecule has 4 nitrogen and oxygen atoms in total. The van der Waals surface area contributed by atoms with Crippen molar-refractivity contribution in [2.45, 2.75) is 76.0 Å². The minimum Gasteiger partial charge on any atom is -0.393 e. The van der Waals surface area contributed by atoms with Crippen LogP contribution in [0, 0.1) is 5.92 Å². The number of aliphatic hydroxyl groups is 1. The van der Waals surface area contributed by atoms with Crippen LogP contribution < -0.4 is 10.6 Å². The highest BCUT2D eigenvalue weighted by Gasteiger charge is 2.27. The maximum absolute atomic E-state index is 12.5. The first kappa shape index (κ1) is 17.3. The Hall–Kier alpha value is -1.55. The number of urea groups is 1. The smallest absolute Gasteiger partial charge is 0.315 e. The van der Waals surface area contributed by atoms with Crippen LogP contribution in [-0.4, -0.2) is 23.3 Å². The molecule has 0 bridgehead atoms. The first-order chi connectivity index (χ1) is 11.7. The molecule has 0 aliphatic heterocycles. The molecule has 1 aromatic rings. The van der Waals surface area contributed by atoms with E-state index >= 15 is 0 Å². The molecule has 1 aromatic carbocycles. The fourth-order valence-corrected chi connectivity index (χ4v) is 4.19. The third-order valence-corrected chi connectivity index (χ3v) is 5.60. The Bertz CT molecular complexity index is 506. The predicted molar refractivity (Wildman–Crippen MR) is 95.7 cm³/mol. The Labute approximate surface area is 145 Å². The lowest BCUT2D eigenvalue weighted by atomic mass is 9.81. The summed E-state index contributed by atoms with van der Waals surface area (Å²) in [6.07, 6.45) is 9.34. The summed E-state index contributed by atoms with van der Waals surface area (Å²) in [5.74, 6) is 0.528. The van der Waals surface area contributed by atoms with Crippen molar-refractivity contribution in [3.63, 3.8) is 0 Å². The molecule has 1 unspecified atom stereocenters.